The lowest BCUT2D eigenvalue weighted by Gasteiger charge is -2.38. The highest BCUT2D eigenvalue weighted by Gasteiger charge is 2.29. The van der Waals surface area contributed by atoms with E-state index in [9.17, 15) is 4.79 Å². The highest BCUT2D eigenvalue weighted by Crippen LogP contribution is 2.38. The predicted octanol–water partition coefficient (Wildman–Crippen LogP) is 6.47. The zero-order valence-electron chi connectivity index (χ0n) is 20.9. The van der Waals surface area contributed by atoms with E-state index in [1.807, 2.05) is 37.3 Å². The summed E-state index contributed by atoms with van der Waals surface area (Å²) in [6.45, 7) is 5.98. The minimum absolute atomic E-state index is 0.0320. The number of aryl methyl sites for hydroxylation is 2. The number of nitrogens with zero attached hydrogens (tertiary/aromatic N) is 1. The molecule has 0 fully saturated rings. The average molecular weight is 477 g/mol. The maximum atomic E-state index is 12.5. The second-order valence-corrected chi connectivity index (χ2v) is 9.59. The summed E-state index contributed by atoms with van der Waals surface area (Å²) < 4.78 is 5.96. The second kappa shape index (κ2) is 10.8. The van der Waals surface area contributed by atoms with Gasteiger partial charge in [-0.05, 0) is 72.4 Å². The van der Waals surface area contributed by atoms with Crippen LogP contribution in [0, 0.1) is 13.8 Å². The van der Waals surface area contributed by atoms with Crippen molar-refractivity contribution < 1.29 is 9.53 Å². The van der Waals surface area contributed by atoms with Gasteiger partial charge in [0.25, 0.3) is 5.91 Å². The summed E-state index contributed by atoms with van der Waals surface area (Å²) in [6.07, 6.45) is 0.985. The zero-order valence-corrected chi connectivity index (χ0v) is 20.9. The summed E-state index contributed by atoms with van der Waals surface area (Å²) in [5, 5.41) is 2.92. The molecule has 1 atom stereocenters. The molecule has 4 nitrogen and oxygen atoms in total. The first kappa shape index (κ1) is 23.8. The van der Waals surface area contributed by atoms with Gasteiger partial charge >= 0.3 is 0 Å². The van der Waals surface area contributed by atoms with Crippen molar-refractivity contribution in [2.75, 3.05) is 18.5 Å². The van der Waals surface area contributed by atoms with Gasteiger partial charge in [-0.25, -0.2) is 0 Å². The fourth-order valence-corrected chi connectivity index (χ4v) is 5.04. The number of hydrogen-bond acceptors (Lipinski definition) is 3. The van der Waals surface area contributed by atoms with Crippen LogP contribution in [-0.4, -0.2) is 24.0 Å². The van der Waals surface area contributed by atoms with Crippen molar-refractivity contribution in [3.63, 3.8) is 0 Å². The molecule has 4 aromatic carbocycles. The van der Waals surface area contributed by atoms with Crippen LogP contribution in [0.2, 0.25) is 0 Å². The minimum Gasteiger partial charge on any atom is -0.484 e. The lowest BCUT2D eigenvalue weighted by atomic mass is 9.87. The highest BCUT2D eigenvalue weighted by molar-refractivity contribution is 5.91. The molecule has 0 spiro atoms. The third-order valence-electron chi connectivity index (χ3n) is 6.70. The van der Waals surface area contributed by atoms with E-state index in [2.05, 4.69) is 83.9 Å². The van der Waals surface area contributed by atoms with Crippen LogP contribution in [-0.2, 0) is 17.8 Å². The number of amides is 1. The van der Waals surface area contributed by atoms with Crippen molar-refractivity contribution in [1.29, 1.82) is 0 Å². The lowest BCUT2D eigenvalue weighted by Crippen LogP contribution is -2.35. The summed E-state index contributed by atoms with van der Waals surface area (Å²) in [6, 6.07) is 33.6. The van der Waals surface area contributed by atoms with Crippen LogP contribution in [0.4, 0.5) is 5.69 Å². The topological polar surface area (TPSA) is 41.6 Å². The number of hydrogen-bond donors (Lipinski definition) is 1. The molecule has 36 heavy (non-hydrogen) atoms. The van der Waals surface area contributed by atoms with Crippen molar-refractivity contribution in [3.05, 3.63) is 130 Å². The number of ether oxygens (including phenoxy) is 1. The van der Waals surface area contributed by atoms with Gasteiger partial charge in [0, 0.05) is 18.8 Å². The van der Waals surface area contributed by atoms with E-state index in [0.29, 0.717) is 5.75 Å². The van der Waals surface area contributed by atoms with Gasteiger partial charge < -0.3 is 10.1 Å². The van der Waals surface area contributed by atoms with Crippen molar-refractivity contribution in [2.45, 2.75) is 32.9 Å². The molecule has 0 aliphatic carbocycles. The Kier molecular flexibility index (Phi) is 7.15. The summed E-state index contributed by atoms with van der Waals surface area (Å²) >= 11 is 0. The van der Waals surface area contributed by atoms with Crippen LogP contribution >= 0.6 is 0 Å². The van der Waals surface area contributed by atoms with Gasteiger partial charge in [-0.3, -0.25) is 9.69 Å². The number of fused-ring (bicyclic) bond motifs is 1. The SMILES string of the molecule is Cc1cccc(CN2CCc3ccc(OCC(=O)Nc4cccc(C)c4)cc3C2c2ccccc2)c1. The molecule has 1 aliphatic rings. The molecule has 4 heteroatoms. The summed E-state index contributed by atoms with van der Waals surface area (Å²) in [5.41, 5.74) is 8.33. The van der Waals surface area contributed by atoms with E-state index in [4.69, 9.17) is 4.74 Å². The van der Waals surface area contributed by atoms with Gasteiger partial charge in [0.2, 0.25) is 0 Å². The maximum Gasteiger partial charge on any atom is 0.262 e. The third kappa shape index (κ3) is 5.67. The van der Waals surface area contributed by atoms with E-state index in [1.54, 1.807) is 0 Å². The van der Waals surface area contributed by atoms with Gasteiger partial charge in [0.05, 0.1) is 6.04 Å². The van der Waals surface area contributed by atoms with E-state index in [0.717, 1.165) is 30.8 Å². The monoisotopic (exact) mass is 476 g/mol. The van der Waals surface area contributed by atoms with Crippen LogP contribution in [0.5, 0.6) is 5.75 Å². The molecule has 5 rings (SSSR count). The molecule has 182 valence electrons. The first-order chi connectivity index (χ1) is 17.5. The zero-order chi connectivity index (χ0) is 24.9. The summed E-state index contributed by atoms with van der Waals surface area (Å²) in [4.78, 5) is 15.1. The van der Waals surface area contributed by atoms with Crippen molar-refractivity contribution >= 4 is 11.6 Å². The van der Waals surface area contributed by atoms with Crippen LogP contribution in [0.1, 0.15) is 39.4 Å². The number of carbonyl (C=O) groups is 1. The van der Waals surface area contributed by atoms with E-state index in [-0.39, 0.29) is 18.6 Å². The number of rotatable bonds is 7. The molecular weight excluding hydrogens is 444 g/mol. The Morgan fingerprint density at radius 1 is 0.889 bits per heavy atom. The van der Waals surface area contributed by atoms with Crippen molar-refractivity contribution in [3.8, 4) is 5.75 Å². The molecule has 1 heterocycles. The number of anilines is 1. The van der Waals surface area contributed by atoms with Gasteiger partial charge in [0.15, 0.2) is 6.61 Å². The first-order valence-electron chi connectivity index (χ1n) is 12.5. The highest BCUT2D eigenvalue weighted by atomic mass is 16.5. The van der Waals surface area contributed by atoms with Crippen molar-refractivity contribution in [1.82, 2.24) is 4.90 Å². The van der Waals surface area contributed by atoms with Gasteiger partial charge in [-0.2, -0.15) is 0 Å². The molecule has 0 radical (unpaired) electrons. The minimum atomic E-state index is -0.168. The van der Waals surface area contributed by atoms with Gasteiger partial charge in [-0.15, -0.1) is 0 Å². The largest absolute Gasteiger partial charge is 0.484 e. The molecule has 1 N–H and O–H groups in total. The Labute approximate surface area is 213 Å². The number of benzene rings is 4. The quantitative estimate of drug-likeness (QED) is 0.332. The Bertz CT molecular complexity index is 1350. The molecule has 1 unspecified atom stereocenters. The molecule has 0 saturated carbocycles. The van der Waals surface area contributed by atoms with Gasteiger partial charge in [0.1, 0.15) is 5.75 Å². The van der Waals surface area contributed by atoms with Gasteiger partial charge in [-0.1, -0.05) is 78.4 Å². The van der Waals surface area contributed by atoms with E-state index >= 15 is 0 Å². The predicted molar refractivity (Wildman–Crippen MR) is 145 cm³/mol. The fourth-order valence-electron chi connectivity index (χ4n) is 5.04. The van der Waals surface area contributed by atoms with Crippen LogP contribution in [0.3, 0.4) is 0 Å². The standard InChI is InChI=1S/C32H32N2O2/c1-23-8-6-10-25(18-23)21-34-17-16-26-14-15-29(20-30(26)32(34)27-11-4-3-5-12-27)36-22-31(35)33-28-13-7-9-24(2)19-28/h3-15,18-20,32H,16-17,21-22H2,1-2H3,(H,33,35). The summed E-state index contributed by atoms with van der Waals surface area (Å²) in [7, 11) is 0. The van der Waals surface area contributed by atoms with Crippen LogP contribution in [0.15, 0.2) is 97.1 Å². The second-order valence-electron chi connectivity index (χ2n) is 9.59. The number of carbonyl (C=O) groups excluding carboxylic acids is 1. The Morgan fingerprint density at radius 2 is 1.67 bits per heavy atom. The molecular formula is C32H32N2O2. The molecule has 0 aromatic heterocycles. The molecule has 0 bridgehead atoms. The maximum absolute atomic E-state index is 12.5. The molecule has 1 aliphatic heterocycles. The first-order valence-corrected chi connectivity index (χ1v) is 12.5. The Balaban J connectivity index is 1.37. The molecule has 4 aromatic rings. The fraction of sp³-hybridized carbons (Fsp3) is 0.219. The van der Waals surface area contributed by atoms with Crippen LogP contribution < -0.4 is 10.1 Å². The molecule has 1 amide bonds. The smallest absolute Gasteiger partial charge is 0.262 e. The summed E-state index contributed by atoms with van der Waals surface area (Å²) in [5.74, 6) is 0.547. The van der Waals surface area contributed by atoms with E-state index < -0.39 is 0 Å². The Hall–Kier alpha value is -3.89. The van der Waals surface area contributed by atoms with E-state index in [1.165, 1.54) is 27.8 Å². The van der Waals surface area contributed by atoms with Crippen LogP contribution in [0.25, 0.3) is 0 Å². The van der Waals surface area contributed by atoms with Crippen molar-refractivity contribution in [2.24, 2.45) is 0 Å². The Morgan fingerprint density at radius 3 is 2.44 bits per heavy atom. The third-order valence-corrected chi connectivity index (χ3v) is 6.70. The molecule has 0 saturated heterocycles. The average Bonchev–Trinajstić information content (AvgIpc) is 2.88. The lowest BCUT2D eigenvalue weighted by molar-refractivity contribution is -0.118. The normalized spacial score (nSPS) is 15.2. The number of nitrogens with one attached hydrogen (secondary N) is 1.